The Morgan fingerprint density at radius 3 is 0.647 bits per heavy atom. The van der Waals surface area contributed by atoms with Crippen molar-refractivity contribution in [2.24, 2.45) is 0 Å². The topological polar surface area (TPSA) is 0 Å². The van der Waals surface area contributed by atoms with Gasteiger partial charge in [-0.25, -0.2) is 0 Å². The fourth-order valence-corrected chi connectivity index (χ4v) is 1.27. The monoisotopic (exact) mass is 264 g/mol. The van der Waals surface area contributed by atoms with Gasteiger partial charge in [-0.05, 0) is 27.7 Å². The van der Waals surface area contributed by atoms with Crippen molar-refractivity contribution in [3.63, 3.8) is 0 Å². The molecule has 2 aromatic carbocycles. The van der Waals surface area contributed by atoms with Crippen LogP contribution < -0.4 is 0 Å². The van der Waals surface area contributed by atoms with Crippen molar-refractivity contribution in [3.8, 4) is 0 Å². The van der Waals surface area contributed by atoms with Gasteiger partial charge in [-0.15, -0.1) is 0 Å². The van der Waals surface area contributed by atoms with Crippen molar-refractivity contribution in [2.75, 3.05) is 0 Å². The normalized spacial score (nSPS) is 8.71. The molecule has 0 radical (unpaired) electrons. The fourth-order valence-electron chi connectivity index (χ4n) is 1.27. The van der Waals surface area contributed by atoms with Crippen molar-refractivity contribution < 1.29 is 17.4 Å². The third kappa shape index (κ3) is 7.00. The van der Waals surface area contributed by atoms with Crippen LogP contribution in [-0.4, -0.2) is 0 Å². The Hall–Kier alpha value is -1.03. The molecule has 2 aromatic rings. The zero-order valence-electron chi connectivity index (χ0n) is 11.0. The maximum Gasteiger partial charge on any atom is 0 e. The Balaban J connectivity index is 0.000000284. The van der Waals surface area contributed by atoms with Crippen LogP contribution in [0.3, 0.4) is 0 Å². The Morgan fingerprint density at radius 1 is 0.412 bits per heavy atom. The van der Waals surface area contributed by atoms with Gasteiger partial charge in [-0.1, -0.05) is 70.8 Å². The first kappa shape index (κ1) is 16.0. The van der Waals surface area contributed by atoms with Gasteiger partial charge in [0.1, 0.15) is 0 Å². The van der Waals surface area contributed by atoms with Crippen molar-refractivity contribution in [2.45, 2.75) is 27.7 Å². The summed E-state index contributed by atoms with van der Waals surface area (Å²) in [6, 6.07) is 17.0. The maximum absolute atomic E-state index is 2.12. The molecule has 0 spiro atoms. The van der Waals surface area contributed by atoms with Gasteiger partial charge in [0.2, 0.25) is 0 Å². The molecule has 0 aliphatic carbocycles. The van der Waals surface area contributed by atoms with Crippen LogP contribution in [0.25, 0.3) is 0 Å². The van der Waals surface area contributed by atoms with Crippen LogP contribution in [0.1, 0.15) is 22.3 Å². The Kier molecular flexibility index (Phi) is 7.63. The van der Waals surface area contributed by atoms with Gasteiger partial charge in [0.05, 0.1) is 0 Å². The van der Waals surface area contributed by atoms with Crippen LogP contribution in [0.4, 0.5) is 0 Å². The van der Waals surface area contributed by atoms with E-state index in [0.29, 0.717) is 0 Å². The molecular weight excluding hydrogens is 244 g/mol. The molecule has 0 saturated carbocycles. The first-order valence-electron chi connectivity index (χ1n) is 5.64. The second-order valence-corrected chi connectivity index (χ2v) is 4.31. The largest absolute Gasteiger partial charge is 0.0591 e. The third-order valence-corrected chi connectivity index (χ3v) is 2.44. The van der Waals surface area contributed by atoms with Gasteiger partial charge in [-0.3, -0.25) is 0 Å². The molecule has 1 heteroatoms. The standard InChI is InChI=1S/2C8H10.Cr/c2*1-7-3-5-8(2)6-4-7;/h2*3-6H,1-2H3;. The summed E-state index contributed by atoms with van der Waals surface area (Å²) < 4.78 is 0. The van der Waals surface area contributed by atoms with Gasteiger partial charge >= 0.3 is 0 Å². The Bertz CT molecular complexity index is 327. The summed E-state index contributed by atoms with van der Waals surface area (Å²) in [6.07, 6.45) is 0. The molecule has 0 bridgehead atoms. The van der Waals surface area contributed by atoms with Crippen LogP contribution in [0.2, 0.25) is 0 Å². The van der Waals surface area contributed by atoms with Gasteiger partial charge < -0.3 is 0 Å². The average Bonchev–Trinajstić information content (AvgIpc) is 2.28. The molecule has 0 unspecified atom stereocenters. The summed E-state index contributed by atoms with van der Waals surface area (Å²) in [5.74, 6) is 0. The molecule has 0 nitrogen and oxygen atoms in total. The molecule has 2 rings (SSSR count). The number of rotatable bonds is 0. The second kappa shape index (κ2) is 8.12. The molecule has 0 aliphatic rings. The fraction of sp³-hybridized carbons (Fsp3) is 0.250. The van der Waals surface area contributed by atoms with E-state index in [1.165, 1.54) is 22.3 Å². The van der Waals surface area contributed by atoms with E-state index in [4.69, 9.17) is 0 Å². The smallest absolute Gasteiger partial charge is 0 e. The molecule has 0 aliphatic heterocycles. The number of hydrogen-bond donors (Lipinski definition) is 0. The third-order valence-electron chi connectivity index (χ3n) is 2.44. The van der Waals surface area contributed by atoms with Gasteiger partial charge in [-0.2, -0.15) is 0 Å². The summed E-state index contributed by atoms with van der Waals surface area (Å²) in [7, 11) is 0. The van der Waals surface area contributed by atoms with Gasteiger partial charge in [0.25, 0.3) is 0 Å². The number of aryl methyl sites for hydroxylation is 4. The van der Waals surface area contributed by atoms with Crippen LogP contribution in [-0.2, 0) is 17.4 Å². The quantitative estimate of drug-likeness (QED) is 0.652. The summed E-state index contributed by atoms with van der Waals surface area (Å²) in [5.41, 5.74) is 5.32. The first-order valence-corrected chi connectivity index (χ1v) is 5.64. The minimum absolute atomic E-state index is 0. The van der Waals surface area contributed by atoms with Crippen LogP contribution in [0, 0.1) is 27.7 Å². The number of benzene rings is 2. The van der Waals surface area contributed by atoms with E-state index >= 15 is 0 Å². The molecule has 90 valence electrons. The van der Waals surface area contributed by atoms with Crippen LogP contribution >= 0.6 is 0 Å². The molecule has 0 amide bonds. The predicted molar refractivity (Wildman–Crippen MR) is 71.8 cm³/mol. The van der Waals surface area contributed by atoms with E-state index in [1.807, 2.05) is 0 Å². The van der Waals surface area contributed by atoms with E-state index < -0.39 is 0 Å². The molecule has 0 atom stereocenters. The second-order valence-electron chi connectivity index (χ2n) is 4.31. The number of hydrogen-bond acceptors (Lipinski definition) is 0. The van der Waals surface area contributed by atoms with E-state index in [-0.39, 0.29) is 17.4 Å². The minimum Gasteiger partial charge on any atom is -0.0591 e. The Labute approximate surface area is 116 Å². The zero-order chi connectivity index (χ0) is 12.0. The van der Waals surface area contributed by atoms with Crippen molar-refractivity contribution in [1.29, 1.82) is 0 Å². The predicted octanol–water partition coefficient (Wildman–Crippen LogP) is 4.60. The minimum atomic E-state index is 0. The van der Waals surface area contributed by atoms with Gasteiger partial charge in [0, 0.05) is 17.4 Å². The summed E-state index contributed by atoms with van der Waals surface area (Å²) in [6.45, 7) is 8.39. The molecule has 17 heavy (non-hydrogen) atoms. The van der Waals surface area contributed by atoms with E-state index in [9.17, 15) is 0 Å². The average molecular weight is 264 g/mol. The zero-order valence-corrected chi connectivity index (χ0v) is 12.3. The SMILES string of the molecule is Cc1ccc(C)cc1.Cc1ccc(C)cc1.[Cr]. The van der Waals surface area contributed by atoms with Crippen LogP contribution in [0.5, 0.6) is 0 Å². The summed E-state index contributed by atoms with van der Waals surface area (Å²) >= 11 is 0. The molecule has 0 aromatic heterocycles. The Morgan fingerprint density at radius 2 is 0.529 bits per heavy atom. The summed E-state index contributed by atoms with van der Waals surface area (Å²) in [4.78, 5) is 0. The van der Waals surface area contributed by atoms with E-state index in [1.54, 1.807) is 0 Å². The van der Waals surface area contributed by atoms with Crippen molar-refractivity contribution in [3.05, 3.63) is 70.8 Å². The summed E-state index contributed by atoms with van der Waals surface area (Å²) in [5, 5.41) is 0. The van der Waals surface area contributed by atoms with E-state index in [0.717, 1.165) is 0 Å². The van der Waals surface area contributed by atoms with Crippen molar-refractivity contribution >= 4 is 0 Å². The maximum atomic E-state index is 2.12. The van der Waals surface area contributed by atoms with Gasteiger partial charge in [0.15, 0.2) is 0 Å². The molecule has 0 heterocycles. The first-order chi connectivity index (χ1) is 7.58. The molecule has 0 fully saturated rings. The van der Waals surface area contributed by atoms with Crippen LogP contribution in [0.15, 0.2) is 48.5 Å². The molecular formula is C16H20Cr. The molecule has 0 saturated heterocycles. The molecule has 0 N–H and O–H groups in total. The van der Waals surface area contributed by atoms with Crippen molar-refractivity contribution in [1.82, 2.24) is 0 Å². The van der Waals surface area contributed by atoms with E-state index in [2.05, 4.69) is 76.2 Å².